The van der Waals surface area contributed by atoms with E-state index in [-0.39, 0.29) is 22.3 Å². The van der Waals surface area contributed by atoms with Gasteiger partial charge in [-0.15, -0.1) is 0 Å². The molecule has 0 heterocycles. The normalized spacial score (nSPS) is 12.5. The van der Waals surface area contributed by atoms with Crippen LogP contribution in [0.3, 0.4) is 0 Å². The summed E-state index contributed by atoms with van der Waals surface area (Å²) in [6.07, 6.45) is 0.973. The van der Waals surface area contributed by atoms with Gasteiger partial charge in [0.25, 0.3) is 0 Å². The number of benzene rings is 2. The number of sulfonamides is 1. The van der Waals surface area contributed by atoms with Crippen molar-refractivity contribution in [3.8, 4) is 0 Å². The number of nitrogens with zero attached hydrogens (tertiary/aromatic N) is 1. The van der Waals surface area contributed by atoms with E-state index >= 15 is 0 Å². The highest BCUT2D eigenvalue weighted by Gasteiger charge is 2.30. The molecule has 0 saturated heterocycles. The smallest absolute Gasteiger partial charge is 0.243 e. The minimum atomic E-state index is -3.82. The van der Waals surface area contributed by atoms with Crippen LogP contribution in [0.4, 0.5) is 10.1 Å². The molecule has 0 spiro atoms. The zero-order valence-corrected chi connectivity index (χ0v) is 16.4. The van der Waals surface area contributed by atoms with Crippen LogP contribution >= 0.6 is 23.2 Å². The molecule has 0 aromatic heterocycles. The van der Waals surface area contributed by atoms with Crippen molar-refractivity contribution in [3.05, 3.63) is 63.9 Å². The molecular weight excluding hydrogens is 402 g/mol. The summed E-state index contributed by atoms with van der Waals surface area (Å²) < 4.78 is 38.6. The van der Waals surface area contributed by atoms with Gasteiger partial charge in [-0.1, -0.05) is 35.3 Å². The van der Waals surface area contributed by atoms with Crippen LogP contribution in [0.25, 0.3) is 0 Å². The molecule has 0 aliphatic rings. The monoisotopic (exact) mass is 418 g/mol. The second kappa shape index (κ2) is 8.24. The van der Waals surface area contributed by atoms with E-state index in [1.807, 2.05) is 0 Å². The van der Waals surface area contributed by atoms with Crippen LogP contribution < -0.4 is 9.62 Å². The van der Waals surface area contributed by atoms with E-state index in [4.69, 9.17) is 23.2 Å². The molecule has 1 unspecified atom stereocenters. The van der Waals surface area contributed by atoms with E-state index in [1.54, 1.807) is 6.07 Å². The largest absolute Gasteiger partial charge is 0.350 e. The number of nitrogens with one attached hydrogen (secondary N) is 1. The Morgan fingerprint density at radius 2 is 1.92 bits per heavy atom. The van der Waals surface area contributed by atoms with E-state index in [0.717, 1.165) is 10.6 Å². The van der Waals surface area contributed by atoms with Crippen LogP contribution in [-0.4, -0.2) is 26.6 Å². The fourth-order valence-electron chi connectivity index (χ4n) is 2.42. The number of anilines is 1. The SMILES string of the molecule is CC(C(=O)NCc1cccc(F)c1)N(c1cc(Cl)ccc1Cl)S(C)(=O)=O. The van der Waals surface area contributed by atoms with Gasteiger partial charge in [0, 0.05) is 11.6 Å². The van der Waals surface area contributed by atoms with Crippen molar-refractivity contribution in [2.45, 2.75) is 19.5 Å². The number of halogens is 3. The predicted molar refractivity (Wildman–Crippen MR) is 101 cm³/mol. The summed E-state index contributed by atoms with van der Waals surface area (Å²) in [5, 5.41) is 3.02. The molecule has 5 nitrogen and oxygen atoms in total. The number of hydrogen-bond donors (Lipinski definition) is 1. The highest BCUT2D eigenvalue weighted by Crippen LogP contribution is 2.32. The fourth-order valence-corrected chi connectivity index (χ4v) is 4.02. The van der Waals surface area contributed by atoms with Gasteiger partial charge in [-0.05, 0) is 42.8 Å². The third kappa shape index (κ3) is 5.09. The van der Waals surface area contributed by atoms with Crippen LogP contribution in [0.1, 0.15) is 12.5 Å². The van der Waals surface area contributed by atoms with Gasteiger partial charge in [0.2, 0.25) is 15.9 Å². The Balaban J connectivity index is 2.25. The van der Waals surface area contributed by atoms with Gasteiger partial charge in [-0.25, -0.2) is 12.8 Å². The lowest BCUT2D eigenvalue weighted by Crippen LogP contribution is -2.47. The van der Waals surface area contributed by atoms with Crippen molar-refractivity contribution < 1.29 is 17.6 Å². The van der Waals surface area contributed by atoms with Crippen LogP contribution in [0, 0.1) is 5.82 Å². The molecule has 2 aromatic rings. The Kier molecular flexibility index (Phi) is 6.49. The summed E-state index contributed by atoms with van der Waals surface area (Å²) >= 11 is 12.0. The van der Waals surface area contributed by atoms with Crippen molar-refractivity contribution in [2.75, 3.05) is 10.6 Å². The third-order valence-corrected chi connectivity index (χ3v) is 5.37. The summed E-state index contributed by atoms with van der Waals surface area (Å²) in [5.74, 6) is -0.982. The fraction of sp³-hybridized carbons (Fsp3) is 0.235. The van der Waals surface area contributed by atoms with E-state index in [1.165, 1.54) is 43.3 Å². The van der Waals surface area contributed by atoms with Crippen molar-refractivity contribution in [2.24, 2.45) is 0 Å². The minimum Gasteiger partial charge on any atom is -0.350 e. The van der Waals surface area contributed by atoms with Gasteiger partial charge >= 0.3 is 0 Å². The molecule has 140 valence electrons. The molecule has 1 amide bonds. The molecule has 0 aliphatic heterocycles. The average Bonchev–Trinajstić information content (AvgIpc) is 2.54. The first-order valence-corrected chi connectivity index (χ1v) is 10.2. The van der Waals surface area contributed by atoms with Crippen LogP contribution in [0.2, 0.25) is 10.0 Å². The summed E-state index contributed by atoms with van der Waals surface area (Å²) in [7, 11) is -3.82. The summed E-state index contributed by atoms with van der Waals surface area (Å²) in [6, 6.07) is 9.01. The molecule has 0 radical (unpaired) electrons. The maximum Gasteiger partial charge on any atom is 0.243 e. The first kappa shape index (κ1) is 20.5. The maximum absolute atomic E-state index is 13.2. The lowest BCUT2D eigenvalue weighted by molar-refractivity contribution is -0.122. The highest BCUT2D eigenvalue weighted by atomic mass is 35.5. The molecule has 1 atom stereocenters. The molecule has 2 rings (SSSR count). The number of rotatable bonds is 6. The van der Waals surface area contributed by atoms with Gasteiger partial charge in [0.05, 0.1) is 17.0 Å². The molecule has 9 heteroatoms. The summed E-state index contributed by atoms with van der Waals surface area (Å²) in [5.41, 5.74) is 0.660. The zero-order chi connectivity index (χ0) is 19.5. The molecule has 2 aromatic carbocycles. The quantitative estimate of drug-likeness (QED) is 0.778. The Morgan fingerprint density at radius 3 is 2.54 bits per heavy atom. The van der Waals surface area contributed by atoms with Gasteiger partial charge in [0.15, 0.2) is 0 Å². The van der Waals surface area contributed by atoms with E-state index in [9.17, 15) is 17.6 Å². The molecule has 0 aliphatic carbocycles. The first-order valence-electron chi connectivity index (χ1n) is 7.56. The Morgan fingerprint density at radius 1 is 1.23 bits per heavy atom. The molecule has 0 bridgehead atoms. The number of carbonyl (C=O) groups is 1. The maximum atomic E-state index is 13.2. The van der Waals surface area contributed by atoms with Gasteiger partial charge in [-0.3, -0.25) is 9.10 Å². The van der Waals surface area contributed by atoms with Crippen LogP contribution in [0.15, 0.2) is 42.5 Å². The highest BCUT2D eigenvalue weighted by molar-refractivity contribution is 7.92. The molecule has 1 N–H and O–H groups in total. The van der Waals surface area contributed by atoms with E-state index in [0.29, 0.717) is 5.56 Å². The standard InChI is InChI=1S/C17H17Cl2FN2O3S/c1-11(17(23)21-10-12-4-3-5-14(20)8-12)22(26(2,24)25)16-9-13(18)6-7-15(16)19/h3-9,11H,10H2,1-2H3,(H,21,23). The zero-order valence-electron chi connectivity index (χ0n) is 14.0. The van der Waals surface area contributed by atoms with Crippen molar-refractivity contribution in [1.29, 1.82) is 0 Å². The lowest BCUT2D eigenvalue weighted by Gasteiger charge is -2.29. The van der Waals surface area contributed by atoms with Crippen molar-refractivity contribution in [3.63, 3.8) is 0 Å². The van der Waals surface area contributed by atoms with Crippen LogP contribution in [0.5, 0.6) is 0 Å². The lowest BCUT2D eigenvalue weighted by atomic mass is 10.2. The number of hydrogen-bond acceptors (Lipinski definition) is 3. The van der Waals surface area contributed by atoms with Gasteiger partial charge in [0.1, 0.15) is 11.9 Å². The number of carbonyl (C=O) groups excluding carboxylic acids is 1. The first-order chi connectivity index (χ1) is 12.1. The molecule has 26 heavy (non-hydrogen) atoms. The minimum absolute atomic E-state index is 0.0574. The molecule has 0 saturated carbocycles. The second-order valence-electron chi connectivity index (χ2n) is 5.68. The third-order valence-electron chi connectivity index (χ3n) is 3.59. The van der Waals surface area contributed by atoms with Crippen molar-refractivity contribution >= 4 is 44.8 Å². The van der Waals surface area contributed by atoms with Gasteiger partial charge < -0.3 is 5.32 Å². The molecular formula is C17H17Cl2FN2O3S. The number of amides is 1. The Labute approximate surface area is 161 Å². The Bertz CT molecular complexity index is 922. The topological polar surface area (TPSA) is 66.5 Å². The van der Waals surface area contributed by atoms with Crippen molar-refractivity contribution in [1.82, 2.24) is 5.32 Å². The van der Waals surface area contributed by atoms with E-state index in [2.05, 4.69) is 5.32 Å². The molecule has 0 fully saturated rings. The predicted octanol–water partition coefficient (Wildman–Crippen LogP) is 3.60. The summed E-state index contributed by atoms with van der Waals surface area (Å²) in [4.78, 5) is 12.5. The Hall–Kier alpha value is -1.83. The summed E-state index contributed by atoms with van der Waals surface area (Å²) in [6.45, 7) is 1.49. The van der Waals surface area contributed by atoms with E-state index < -0.39 is 27.8 Å². The van der Waals surface area contributed by atoms with Gasteiger partial charge in [-0.2, -0.15) is 0 Å². The second-order valence-corrected chi connectivity index (χ2v) is 8.38. The van der Waals surface area contributed by atoms with Crippen LogP contribution in [-0.2, 0) is 21.4 Å². The average molecular weight is 419 g/mol.